The van der Waals surface area contributed by atoms with Crippen LogP contribution in [0.2, 0.25) is 0 Å². The van der Waals surface area contributed by atoms with Crippen LogP contribution in [0.1, 0.15) is 19.3 Å². The van der Waals surface area contributed by atoms with E-state index >= 15 is 0 Å². The Kier molecular flexibility index (Phi) is 3.25. The standard InChI is InChI=1S/C14H15N3O4/c18-12(8-2-1-3-9(8)13(19)20)15-7-4-5-10-11(6-7)17-14(21)16-10/h4-6,8-9H,1-3H2,(H,15,18)(H,19,20)(H2,16,17,21). The Bertz CT molecular complexity index is 761. The molecule has 7 nitrogen and oxygen atoms in total. The predicted molar refractivity (Wildman–Crippen MR) is 76.0 cm³/mol. The Morgan fingerprint density at radius 2 is 1.86 bits per heavy atom. The third-order valence-electron chi connectivity index (χ3n) is 3.95. The zero-order valence-electron chi connectivity index (χ0n) is 11.2. The van der Waals surface area contributed by atoms with Crippen molar-refractivity contribution in [2.24, 2.45) is 11.8 Å². The topological polar surface area (TPSA) is 115 Å². The second-order valence-electron chi connectivity index (χ2n) is 5.31. The van der Waals surface area contributed by atoms with E-state index in [1.807, 2.05) is 0 Å². The summed E-state index contributed by atoms with van der Waals surface area (Å²) in [4.78, 5) is 39.8. The van der Waals surface area contributed by atoms with Crippen LogP contribution < -0.4 is 11.0 Å². The smallest absolute Gasteiger partial charge is 0.323 e. The van der Waals surface area contributed by atoms with Crippen molar-refractivity contribution in [1.82, 2.24) is 9.97 Å². The number of carboxylic acids is 1. The minimum absolute atomic E-state index is 0.280. The van der Waals surface area contributed by atoms with E-state index < -0.39 is 17.8 Å². The Morgan fingerprint density at radius 3 is 2.62 bits per heavy atom. The van der Waals surface area contributed by atoms with E-state index in [0.29, 0.717) is 29.6 Å². The van der Waals surface area contributed by atoms with Gasteiger partial charge >= 0.3 is 11.7 Å². The third-order valence-corrected chi connectivity index (χ3v) is 3.95. The lowest BCUT2D eigenvalue weighted by atomic mass is 9.95. The van der Waals surface area contributed by atoms with E-state index in [1.54, 1.807) is 18.2 Å². The molecule has 0 radical (unpaired) electrons. The maximum absolute atomic E-state index is 12.2. The van der Waals surface area contributed by atoms with E-state index in [4.69, 9.17) is 5.11 Å². The summed E-state index contributed by atoms with van der Waals surface area (Å²) in [5, 5.41) is 11.9. The number of benzene rings is 1. The summed E-state index contributed by atoms with van der Waals surface area (Å²) in [6.45, 7) is 0. The lowest BCUT2D eigenvalue weighted by Gasteiger charge is -2.15. The number of aromatic nitrogens is 2. The molecule has 110 valence electrons. The molecule has 1 saturated carbocycles. The lowest BCUT2D eigenvalue weighted by molar-refractivity contribution is -0.145. The van der Waals surface area contributed by atoms with Gasteiger partial charge in [0.2, 0.25) is 5.91 Å². The molecule has 0 spiro atoms. The molecule has 21 heavy (non-hydrogen) atoms. The van der Waals surface area contributed by atoms with Crippen molar-refractivity contribution in [3.63, 3.8) is 0 Å². The Morgan fingerprint density at radius 1 is 1.14 bits per heavy atom. The maximum Gasteiger partial charge on any atom is 0.323 e. The summed E-state index contributed by atoms with van der Waals surface area (Å²) < 4.78 is 0. The van der Waals surface area contributed by atoms with Gasteiger partial charge in [-0.3, -0.25) is 9.59 Å². The maximum atomic E-state index is 12.2. The average Bonchev–Trinajstić information content (AvgIpc) is 3.03. The molecule has 1 aromatic carbocycles. The van der Waals surface area contributed by atoms with Crippen molar-refractivity contribution in [2.45, 2.75) is 19.3 Å². The molecule has 0 bridgehead atoms. The molecule has 1 heterocycles. The van der Waals surface area contributed by atoms with Crippen molar-refractivity contribution < 1.29 is 14.7 Å². The van der Waals surface area contributed by atoms with E-state index in [1.165, 1.54) is 0 Å². The molecule has 2 aromatic rings. The number of hydrogen-bond donors (Lipinski definition) is 4. The van der Waals surface area contributed by atoms with Gasteiger partial charge in [0.25, 0.3) is 0 Å². The number of nitrogens with one attached hydrogen (secondary N) is 3. The molecule has 2 atom stereocenters. The molecule has 3 rings (SSSR count). The van der Waals surface area contributed by atoms with E-state index in [0.717, 1.165) is 6.42 Å². The monoisotopic (exact) mass is 289 g/mol. The summed E-state index contributed by atoms with van der Waals surface area (Å²) in [6.07, 6.45) is 1.88. The van der Waals surface area contributed by atoms with E-state index in [2.05, 4.69) is 15.3 Å². The molecule has 1 aromatic heterocycles. The zero-order chi connectivity index (χ0) is 15.0. The van der Waals surface area contributed by atoms with Gasteiger partial charge in [-0.25, -0.2) is 4.79 Å². The van der Waals surface area contributed by atoms with Crippen LogP contribution in [0.15, 0.2) is 23.0 Å². The molecule has 1 aliphatic rings. The van der Waals surface area contributed by atoms with Gasteiger partial charge in [-0.05, 0) is 31.0 Å². The number of fused-ring (bicyclic) bond motifs is 1. The van der Waals surface area contributed by atoms with Gasteiger partial charge in [-0.15, -0.1) is 0 Å². The molecule has 0 saturated heterocycles. The summed E-state index contributed by atoms with van der Waals surface area (Å²) in [5.41, 5.74) is 1.48. The highest BCUT2D eigenvalue weighted by Gasteiger charge is 2.37. The molecular weight excluding hydrogens is 274 g/mol. The fourth-order valence-corrected chi connectivity index (χ4v) is 2.91. The number of carbonyl (C=O) groups is 2. The summed E-state index contributed by atoms with van der Waals surface area (Å²) in [6, 6.07) is 5.01. The molecule has 4 N–H and O–H groups in total. The van der Waals surface area contributed by atoms with Crippen LogP contribution in [0.3, 0.4) is 0 Å². The van der Waals surface area contributed by atoms with Crippen LogP contribution in [0.4, 0.5) is 5.69 Å². The van der Waals surface area contributed by atoms with Crippen LogP contribution in [0.5, 0.6) is 0 Å². The molecule has 1 amide bonds. The van der Waals surface area contributed by atoms with Gasteiger partial charge in [0.15, 0.2) is 0 Å². The second kappa shape index (κ2) is 5.08. The number of aromatic amines is 2. The predicted octanol–water partition coefficient (Wildman–Crippen LogP) is 1.30. The second-order valence-corrected chi connectivity index (χ2v) is 5.31. The van der Waals surface area contributed by atoms with Crippen molar-refractivity contribution in [3.8, 4) is 0 Å². The third kappa shape index (κ3) is 2.54. The first-order valence-corrected chi connectivity index (χ1v) is 6.80. The molecule has 1 aliphatic carbocycles. The minimum atomic E-state index is -0.918. The molecular formula is C14H15N3O4. The number of hydrogen-bond acceptors (Lipinski definition) is 3. The number of rotatable bonds is 3. The highest BCUT2D eigenvalue weighted by molar-refractivity contribution is 5.96. The Labute approximate surface area is 119 Å². The van der Waals surface area contributed by atoms with Crippen molar-refractivity contribution >= 4 is 28.6 Å². The number of anilines is 1. The zero-order valence-corrected chi connectivity index (χ0v) is 11.2. The number of H-pyrrole nitrogens is 2. The molecule has 7 heteroatoms. The Balaban J connectivity index is 1.79. The van der Waals surface area contributed by atoms with Gasteiger partial charge < -0.3 is 20.4 Å². The van der Waals surface area contributed by atoms with Gasteiger partial charge in [-0.2, -0.15) is 0 Å². The van der Waals surface area contributed by atoms with Gasteiger partial charge in [0.05, 0.1) is 22.9 Å². The highest BCUT2D eigenvalue weighted by atomic mass is 16.4. The van der Waals surface area contributed by atoms with Gasteiger partial charge in [-0.1, -0.05) is 6.42 Å². The van der Waals surface area contributed by atoms with Crippen LogP contribution in [-0.2, 0) is 9.59 Å². The lowest BCUT2D eigenvalue weighted by Crippen LogP contribution is -2.29. The van der Waals surface area contributed by atoms with Crippen LogP contribution in [0, 0.1) is 11.8 Å². The summed E-state index contributed by atoms with van der Waals surface area (Å²) in [7, 11) is 0. The molecule has 0 aliphatic heterocycles. The number of carbonyl (C=O) groups excluding carboxylic acids is 1. The van der Waals surface area contributed by atoms with Crippen LogP contribution >= 0.6 is 0 Å². The SMILES string of the molecule is O=C(O)C1CCCC1C(=O)Nc1ccc2[nH]c(=O)[nH]c2c1. The summed E-state index contributed by atoms with van der Waals surface area (Å²) in [5.74, 6) is -2.31. The van der Waals surface area contributed by atoms with Crippen molar-refractivity contribution in [1.29, 1.82) is 0 Å². The largest absolute Gasteiger partial charge is 0.481 e. The fraction of sp³-hybridized carbons (Fsp3) is 0.357. The Hall–Kier alpha value is -2.57. The van der Waals surface area contributed by atoms with E-state index in [9.17, 15) is 14.4 Å². The molecule has 1 fully saturated rings. The quantitative estimate of drug-likeness (QED) is 0.681. The first kappa shape index (κ1) is 13.4. The first-order chi connectivity index (χ1) is 10.0. The number of aliphatic carboxylic acids is 1. The van der Waals surface area contributed by atoms with Gasteiger partial charge in [0, 0.05) is 5.69 Å². The first-order valence-electron chi connectivity index (χ1n) is 6.80. The highest BCUT2D eigenvalue weighted by Crippen LogP contribution is 2.33. The number of amides is 1. The van der Waals surface area contributed by atoms with Crippen molar-refractivity contribution in [2.75, 3.05) is 5.32 Å². The van der Waals surface area contributed by atoms with Crippen LogP contribution in [0.25, 0.3) is 11.0 Å². The molecule has 2 unspecified atom stereocenters. The average molecular weight is 289 g/mol. The fourth-order valence-electron chi connectivity index (χ4n) is 2.91. The minimum Gasteiger partial charge on any atom is -0.481 e. The van der Waals surface area contributed by atoms with E-state index in [-0.39, 0.29) is 11.6 Å². The van der Waals surface area contributed by atoms with Gasteiger partial charge in [0.1, 0.15) is 0 Å². The summed E-state index contributed by atoms with van der Waals surface area (Å²) >= 11 is 0. The van der Waals surface area contributed by atoms with Crippen molar-refractivity contribution in [3.05, 3.63) is 28.7 Å². The van der Waals surface area contributed by atoms with Crippen LogP contribution in [-0.4, -0.2) is 27.0 Å². The number of carboxylic acid groups (broad SMARTS) is 1. The normalized spacial score (nSPS) is 21.5. The number of imidazole rings is 1.